The fourth-order valence-corrected chi connectivity index (χ4v) is 1.41. The van der Waals surface area contributed by atoms with Gasteiger partial charge >= 0.3 is 6.18 Å². The van der Waals surface area contributed by atoms with Crippen molar-refractivity contribution in [3.8, 4) is 0 Å². The zero-order valence-corrected chi connectivity index (χ0v) is 9.84. The van der Waals surface area contributed by atoms with Crippen molar-refractivity contribution in [3.63, 3.8) is 0 Å². The lowest BCUT2D eigenvalue weighted by Crippen LogP contribution is -2.32. The van der Waals surface area contributed by atoms with Crippen LogP contribution in [0.15, 0.2) is 18.2 Å². The minimum absolute atomic E-state index is 0.195. The molecule has 1 rings (SSSR count). The number of carbonyl (C=O) groups is 1. The summed E-state index contributed by atoms with van der Waals surface area (Å²) < 4.78 is 61.7. The van der Waals surface area contributed by atoms with Gasteiger partial charge in [0.25, 0.3) is 12.3 Å². The van der Waals surface area contributed by atoms with Crippen LogP contribution in [0.5, 0.6) is 0 Å². The second-order valence-electron chi connectivity index (χ2n) is 3.88. The van der Waals surface area contributed by atoms with Crippen molar-refractivity contribution in [1.29, 1.82) is 0 Å². The smallest absolute Gasteiger partial charge is 0.398 e. The van der Waals surface area contributed by atoms with Crippen LogP contribution in [0.1, 0.15) is 15.9 Å². The highest BCUT2D eigenvalue weighted by Gasteiger charge is 2.32. The average molecular weight is 282 g/mol. The number of nitrogen functional groups attached to an aromatic ring is 1. The van der Waals surface area contributed by atoms with Crippen molar-refractivity contribution in [2.45, 2.75) is 12.6 Å². The number of anilines is 1. The molecule has 3 nitrogen and oxygen atoms in total. The first-order valence-electron chi connectivity index (χ1n) is 5.13. The molecule has 0 aliphatic heterocycles. The molecule has 0 bridgehead atoms. The average Bonchev–Trinajstić information content (AvgIpc) is 2.26. The molecule has 106 valence electrons. The normalized spacial score (nSPS) is 11.7. The van der Waals surface area contributed by atoms with E-state index in [4.69, 9.17) is 5.73 Å². The van der Waals surface area contributed by atoms with E-state index in [1.165, 1.54) is 0 Å². The second-order valence-corrected chi connectivity index (χ2v) is 3.88. The SMILES string of the molecule is CN(CC(F)F)C(=O)c1cc(C(F)(F)F)ccc1N. The molecule has 0 heterocycles. The summed E-state index contributed by atoms with van der Waals surface area (Å²) in [4.78, 5) is 12.3. The molecule has 1 aromatic rings. The highest BCUT2D eigenvalue weighted by molar-refractivity contribution is 5.99. The number of benzene rings is 1. The summed E-state index contributed by atoms with van der Waals surface area (Å²) in [6.45, 7) is -0.880. The lowest BCUT2D eigenvalue weighted by Gasteiger charge is -2.18. The standard InChI is InChI=1S/C11H11F5N2O/c1-18(5-9(12)13)10(19)7-4-6(11(14,15)16)2-3-8(7)17/h2-4,9H,5,17H2,1H3. The molecule has 0 spiro atoms. The van der Waals surface area contributed by atoms with Gasteiger partial charge in [-0.3, -0.25) is 4.79 Å². The molecule has 0 saturated heterocycles. The zero-order valence-electron chi connectivity index (χ0n) is 9.84. The molecule has 19 heavy (non-hydrogen) atoms. The van der Waals surface area contributed by atoms with Crippen LogP contribution in [0.25, 0.3) is 0 Å². The predicted molar refractivity (Wildman–Crippen MR) is 58.8 cm³/mol. The minimum atomic E-state index is -4.63. The Bertz CT molecular complexity index is 473. The van der Waals surface area contributed by atoms with Crippen molar-refractivity contribution < 1.29 is 26.7 Å². The maximum absolute atomic E-state index is 12.5. The van der Waals surface area contributed by atoms with Crippen LogP contribution in [-0.4, -0.2) is 30.8 Å². The highest BCUT2D eigenvalue weighted by atomic mass is 19.4. The van der Waals surface area contributed by atoms with Crippen LogP contribution < -0.4 is 5.73 Å². The summed E-state index contributed by atoms with van der Waals surface area (Å²) in [7, 11) is 1.06. The molecular formula is C11H11F5N2O. The fourth-order valence-electron chi connectivity index (χ4n) is 1.41. The van der Waals surface area contributed by atoms with Crippen LogP contribution in [0.2, 0.25) is 0 Å². The van der Waals surface area contributed by atoms with Crippen molar-refractivity contribution >= 4 is 11.6 Å². The van der Waals surface area contributed by atoms with Gasteiger partial charge in [-0.15, -0.1) is 0 Å². The van der Waals surface area contributed by atoms with E-state index in [9.17, 15) is 26.7 Å². The fraction of sp³-hybridized carbons (Fsp3) is 0.364. The lowest BCUT2D eigenvalue weighted by molar-refractivity contribution is -0.137. The third-order valence-electron chi connectivity index (χ3n) is 2.37. The van der Waals surface area contributed by atoms with Crippen LogP contribution >= 0.6 is 0 Å². The van der Waals surface area contributed by atoms with Gasteiger partial charge in [-0.25, -0.2) is 8.78 Å². The highest BCUT2D eigenvalue weighted by Crippen LogP contribution is 2.31. The Morgan fingerprint density at radius 1 is 1.37 bits per heavy atom. The maximum Gasteiger partial charge on any atom is 0.416 e. The Labute approximate surface area is 105 Å². The third-order valence-corrected chi connectivity index (χ3v) is 2.37. The van der Waals surface area contributed by atoms with Gasteiger partial charge < -0.3 is 10.6 Å². The molecule has 0 aliphatic carbocycles. The zero-order chi connectivity index (χ0) is 14.8. The van der Waals surface area contributed by atoms with Gasteiger partial charge in [-0.1, -0.05) is 0 Å². The van der Waals surface area contributed by atoms with Crippen LogP contribution in [0.4, 0.5) is 27.6 Å². The van der Waals surface area contributed by atoms with E-state index in [2.05, 4.69) is 0 Å². The number of halogens is 5. The molecule has 0 aromatic heterocycles. The van der Waals surface area contributed by atoms with E-state index in [0.29, 0.717) is 11.0 Å². The monoisotopic (exact) mass is 282 g/mol. The number of carbonyl (C=O) groups excluding carboxylic acids is 1. The summed E-state index contributed by atoms with van der Waals surface area (Å²) in [5.74, 6) is -0.983. The number of hydrogen-bond acceptors (Lipinski definition) is 2. The molecule has 0 unspecified atom stereocenters. The van der Waals surface area contributed by atoms with Crippen LogP contribution in [-0.2, 0) is 6.18 Å². The first-order valence-corrected chi connectivity index (χ1v) is 5.13. The van der Waals surface area contributed by atoms with Crippen molar-refractivity contribution in [2.75, 3.05) is 19.3 Å². The van der Waals surface area contributed by atoms with Gasteiger partial charge in [0.1, 0.15) is 0 Å². The molecular weight excluding hydrogens is 271 g/mol. The Balaban J connectivity index is 3.09. The Morgan fingerprint density at radius 2 is 1.95 bits per heavy atom. The summed E-state index contributed by atoms with van der Waals surface area (Å²) >= 11 is 0. The van der Waals surface area contributed by atoms with Gasteiger partial charge in [0.05, 0.1) is 17.7 Å². The quantitative estimate of drug-likeness (QED) is 0.684. The van der Waals surface area contributed by atoms with E-state index in [0.717, 1.165) is 19.2 Å². The maximum atomic E-state index is 12.5. The van der Waals surface area contributed by atoms with Crippen LogP contribution in [0.3, 0.4) is 0 Å². The molecule has 0 radical (unpaired) electrons. The van der Waals surface area contributed by atoms with E-state index in [-0.39, 0.29) is 5.69 Å². The topological polar surface area (TPSA) is 46.3 Å². The second kappa shape index (κ2) is 5.41. The molecule has 8 heteroatoms. The minimum Gasteiger partial charge on any atom is -0.398 e. The molecule has 0 saturated carbocycles. The summed E-state index contributed by atoms with van der Waals surface area (Å²) in [5.41, 5.74) is 3.70. The molecule has 0 aliphatic rings. The third kappa shape index (κ3) is 3.80. The summed E-state index contributed by atoms with van der Waals surface area (Å²) in [5, 5.41) is 0. The summed E-state index contributed by atoms with van der Waals surface area (Å²) in [6.07, 6.45) is -7.41. The van der Waals surface area contributed by atoms with Crippen LogP contribution in [0, 0.1) is 0 Å². The van der Waals surface area contributed by atoms with Crippen molar-refractivity contribution in [2.24, 2.45) is 0 Å². The number of nitrogens with zero attached hydrogens (tertiary/aromatic N) is 1. The Kier molecular flexibility index (Phi) is 4.33. The molecule has 0 atom stereocenters. The number of nitrogens with two attached hydrogens (primary N) is 1. The Morgan fingerprint density at radius 3 is 2.42 bits per heavy atom. The number of rotatable bonds is 3. The van der Waals surface area contributed by atoms with Gasteiger partial charge in [0, 0.05) is 12.7 Å². The van der Waals surface area contributed by atoms with Gasteiger partial charge in [-0.05, 0) is 18.2 Å². The number of amides is 1. The molecule has 2 N–H and O–H groups in total. The first kappa shape index (κ1) is 15.2. The van der Waals surface area contributed by atoms with E-state index >= 15 is 0 Å². The number of alkyl halides is 5. The predicted octanol–water partition coefficient (Wildman–Crippen LogP) is 2.62. The Hall–Kier alpha value is -1.86. The largest absolute Gasteiger partial charge is 0.416 e. The van der Waals surface area contributed by atoms with E-state index < -0.39 is 36.2 Å². The van der Waals surface area contributed by atoms with Gasteiger partial charge in [-0.2, -0.15) is 13.2 Å². The van der Waals surface area contributed by atoms with Gasteiger partial charge in [0.15, 0.2) is 0 Å². The van der Waals surface area contributed by atoms with E-state index in [1.54, 1.807) is 0 Å². The van der Waals surface area contributed by atoms with E-state index in [1.807, 2.05) is 0 Å². The molecule has 0 fully saturated rings. The summed E-state index contributed by atoms with van der Waals surface area (Å²) in [6, 6.07) is 2.20. The van der Waals surface area contributed by atoms with Crippen molar-refractivity contribution in [3.05, 3.63) is 29.3 Å². The van der Waals surface area contributed by atoms with Crippen molar-refractivity contribution in [1.82, 2.24) is 4.90 Å². The lowest BCUT2D eigenvalue weighted by atomic mass is 10.1. The number of hydrogen-bond donors (Lipinski definition) is 1. The van der Waals surface area contributed by atoms with Gasteiger partial charge in [0.2, 0.25) is 0 Å². The molecule has 1 aromatic carbocycles. The molecule has 1 amide bonds. The first-order chi connectivity index (χ1) is 8.62.